The summed E-state index contributed by atoms with van der Waals surface area (Å²) in [6, 6.07) is 13.7. The maximum absolute atomic E-state index is 14.4. The molecule has 1 atom stereocenters. The van der Waals surface area contributed by atoms with E-state index in [0.717, 1.165) is 0 Å². The molecule has 0 unspecified atom stereocenters. The van der Waals surface area contributed by atoms with Crippen LogP contribution in [0.4, 0.5) is 22.4 Å². The van der Waals surface area contributed by atoms with Gasteiger partial charge in [-0.3, -0.25) is 4.98 Å². The lowest BCUT2D eigenvalue weighted by Gasteiger charge is -2.33. The molecule has 0 saturated carbocycles. The minimum absolute atomic E-state index is 0.0221. The van der Waals surface area contributed by atoms with Crippen LogP contribution in [-0.2, 0) is 4.74 Å². The van der Waals surface area contributed by atoms with Crippen molar-refractivity contribution in [3.05, 3.63) is 71.4 Å². The van der Waals surface area contributed by atoms with E-state index in [1.165, 1.54) is 51.2 Å². The fraction of sp³-hybridized carbons (Fsp3) is 0.308. The summed E-state index contributed by atoms with van der Waals surface area (Å²) in [7, 11) is 0. The van der Waals surface area contributed by atoms with Crippen molar-refractivity contribution in [1.29, 1.82) is 0 Å². The molecule has 1 aromatic heterocycles. The van der Waals surface area contributed by atoms with E-state index in [9.17, 15) is 22.4 Å². The van der Waals surface area contributed by atoms with E-state index >= 15 is 0 Å². The number of carbonyl (C=O) groups is 1. The second-order valence-corrected chi connectivity index (χ2v) is 11.6. The summed E-state index contributed by atoms with van der Waals surface area (Å²) < 4.78 is 63.6. The summed E-state index contributed by atoms with van der Waals surface area (Å²) in [5, 5.41) is 2.70. The Morgan fingerprint density at radius 2 is 1.64 bits per heavy atom. The van der Waals surface area contributed by atoms with Crippen molar-refractivity contribution >= 4 is 52.5 Å². The third-order valence-corrected chi connectivity index (χ3v) is 7.23. The molecule has 0 spiro atoms. The number of rotatable bonds is 8. The Hall–Kier alpha value is -2.46. The Morgan fingerprint density at radius 1 is 1.00 bits per heavy atom. The van der Waals surface area contributed by atoms with Crippen molar-refractivity contribution < 1.29 is 31.8 Å². The van der Waals surface area contributed by atoms with Crippen molar-refractivity contribution in [1.82, 2.24) is 10.3 Å². The van der Waals surface area contributed by atoms with Gasteiger partial charge < -0.3 is 14.8 Å². The molecule has 3 aromatic rings. The average molecular weight is 628 g/mol. The van der Waals surface area contributed by atoms with Gasteiger partial charge in [0.25, 0.3) is 0 Å². The predicted octanol–water partition coefficient (Wildman–Crippen LogP) is 9.24. The number of aromatic nitrogens is 1. The van der Waals surface area contributed by atoms with Gasteiger partial charge in [0.05, 0.1) is 16.3 Å². The Kier molecular flexibility index (Phi) is 9.53. The van der Waals surface area contributed by atoms with Gasteiger partial charge in [-0.05, 0) is 44.5 Å². The number of carbonyl (C=O) groups excluding carboxylic acids is 1. The van der Waals surface area contributed by atoms with Gasteiger partial charge >= 0.3 is 18.6 Å². The Labute approximate surface area is 242 Å². The van der Waals surface area contributed by atoms with Crippen LogP contribution in [0.2, 0.25) is 5.02 Å². The van der Waals surface area contributed by atoms with Gasteiger partial charge in [0, 0.05) is 22.9 Å². The summed E-state index contributed by atoms with van der Waals surface area (Å²) in [4.78, 5) is 16.8. The number of alkyl carbamates (subject to hydrolysis) is 1. The Bertz CT molecular complexity index is 1310. The molecule has 2 aromatic carbocycles. The van der Waals surface area contributed by atoms with Crippen LogP contribution in [-0.4, -0.2) is 32.9 Å². The van der Waals surface area contributed by atoms with Crippen molar-refractivity contribution in [3.63, 3.8) is 0 Å². The molecule has 0 aliphatic carbocycles. The fourth-order valence-corrected chi connectivity index (χ4v) is 3.70. The lowest BCUT2D eigenvalue weighted by Crippen LogP contribution is -2.53. The molecule has 0 saturated heterocycles. The smallest absolute Gasteiger partial charge is 0.442 e. The first kappa shape index (κ1) is 31.1. The molecule has 39 heavy (non-hydrogen) atoms. The van der Waals surface area contributed by atoms with E-state index in [4.69, 9.17) is 55.9 Å². The number of alkyl halides is 7. The maximum atomic E-state index is 14.4. The summed E-state index contributed by atoms with van der Waals surface area (Å²) in [5.41, 5.74) is -0.788. The molecule has 5 nitrogen and oxygen atoms in total. The topological polar surface area (TPSA) is 60.5 Å². The van der Waals surface area contributed by atoms with Gasteiger partial charge in [0.1, 0.15) is 11.9 Å². The monoisotopic (exact) mass is 626 g/mol. The normalized spacial score (nSPS) is 13.2. The molecule has 0 fully saturated rings. The van der Waals surface area contributed by atoms with Crippen LogP contribution in [0.15, 0.2) is 60.8 Å². The van der Waals surface area contributed by atoms with Crippen molar-refractivity contribution in [2.24, 2.45) is 0 Å². The summed E-state index contributed by atoms with van der Waals surface area (Å²) in [5.74, 6) is -0.601. The predicted molar refractivity (Wildman–Crippen MR) is 144 cm³/mol. The molecule has 210 valence electrons. The van der Waals surface area contributed by atoms with Crippen LogP contribution in [0.3, 0.4) is 0 Å². The molecule has 13 heteroatoms. The third-order valence-electron chi connectivity index (χ3n) is 5.59. The number of amides is 1. The molecule has 0 aliphatic rings. The molecule has 1 amide bonds. The molecule has 1 N–H and O–H groups in total. The first-order chi connectivity index (χ1) is 18.0. The van der Waals surface area contributed by atoms with Crippen molar-refractivity contribution in [2.75, 3.05) is 0 Å². The lowest BCUT2D eigenvalue weighted by atomic mass is 9.92. The highest BCUT2D eigenvalue weighted by Crippen LogP contribution is 2.46. The lowest BCUT2D eigenvalue weighted by molar-refractivity contribution is -0.252. The van der Waals surface area contributed by atoms with E-state index in [-0.39, 0.29) is 27.4 Å². The highest BCUT2D eigenvalue weighted by atomic mass is 35.6. The van der Waals surface area contributed by atoms with Crippen molar-refractivity contribution in [3.8, 4) is 28.1 Å². The third kappa shape index (κ3) is 7.39. The Morgan fingerprint density at radius 3 is 2.18 bits per heavy atom. The van der Waals surface area contributed by atoms with Gasteiger partial charge in [-0.1, -0.05) is 82.8 Å². The molecule has 0 bridgehead atoms. The highest BCUT2D eigenvalue weighted by Gasteiger charge is 2.46. The molecule has 1 heterocycles. The number of nitrogens with zero attached hydrogens (tertiary/aromatic N) is 1. The van der Waals surface area contributed by atoms with Crippen LogP contribution in [0.25, 0.3) is 22.4 Å². The SMILES string of the molecule is C[C@H](OC(=O)NC(C)(C)C(Cl)(Cl)Cl)c1ccc(-c2ccc(Cl)cn2)c(OC(F)(F)C(F)F)c1-c1ccccc1. The van der Waals surface area contributed by atoms with Crippen molar-refractivity contribution in [2.45, 2.75) is 48.7 Å². The zero-order valence-electron chi connectivity index (χ0n) is 20.6. The molecule has 3 rings (SSSR count). The first-order valence-electron chi connectivity index (χ1n) is 11.3. The van der Waals surface area contributed by atoms with E-state index in [1.807, 2.05) is 0 Å². The number of nitrogens with one attached hydrogen (secondary N) is 1. The van der Waals surface area contributed by atoms with Crippen LogP contribution >= 0.6 is 46.4 Å². The number of benzene rings is 2. The molecule has 0 aliphatic heterocycles. The number of pyridine rings is 1. The number of hydrogen-bond acceptors (Lipinski definition) is 4. The van der Waals surface area contributed by atoms with Gasteiger partial charge in [-0.2, -0.15) is 17.6 Å². The number of hydrogen-bond donors (Lipinski definition) is 1. The molecule has 0 radical (unpaired) electrons. The van der Waals surface area contributed by atoms with E-state index in [2.05, 4.69) is 10.3 Å². The second-order valence-electron chi connectivity index (χ2n) is 8.89. The van der Waals surface area contributed by atoms with Gasteiger partial charge in [-0.15, -0.1) is 0 Å². The first-order valence-corrected chi connectivity index (χ1v) is 12.8. The van der Waals surface area contributed by atoms with E-state index in [0.29, 0.717) is 5.56 Å². The van der Waals surface area contributed by atoms with Gasteiger partial charge in [-0.25, -0.2) is 4.79 Å². The van der Waals surface area contributed by atoms with Gasteiger partial charge in [0.2, 0.25) is 3.79 Å². The zero-order valence-corrected chi connectivity index (χ0v) is 23.6. The van der Waals surface area contributed by atoms with Crippen LogP contribution < -0.4 is 10.1 Å². The Balaban J connectivity index is 2.19. The van der Waals surface area contributed by atoms with Crippen LogP contribution in [0.5, 0.6) is 5.75 Å². The maximum Gasteiger partial charge on any atom is 0.461 e. The number of halogens is 8. The highest BCUT2D eigenvalue weighted by molar-refractivity contribution is 6.68. The summed E-state index contributed by atoms with van der Waals surface area (Å²) in [6.45, 7) is 4.36. The van der Waals surface area contributed by atoms with Crippen LogP contribution in [0, 0.1) is 0 Å². The molecular weight excluding hydrogens is 606 g/mol. The van der Waals surface area contributed by atoms with E-state index in [1.54, 1.807) is 30.3 Å². The summed E-state index contributed by atoms with van der Waals surface area (Å²) in [6.07, 6.45) is -9.83. The average Bonchev–Trinajstić information content (AvgIpc) is 2.83. The van der Waals surface area contributed by atoms with E-state index < -0.39 is 39.8 Å². The fourth-order valence-electron chi connectivity index (χ4n) is 3.44. The zero-order chi connectivity index (χ0) is 29.2. The largest absolute Gasteiger partial charge is 0.461 e. The van der Waals surface area contributed by atoms with Gasteiger partial charge in [0.15, 0.2) is 0 Å². The second kappa shape index (κ2) is 12.0. The van der Waals surface area contributed by atoms with Crippen LogP contribution in [0.1, 0.15) is 32.4 Å². The number of ether oxygens (including phenoxy) is 2. The minimum Gasteiger partial charge on any atom is -0.442 e. The minimum atomic E-state index is -4.86. The molecular formula is C26H22Cl4F4N2O3. The summed E-state index contributed by atoms with van der Waals surface area (Å²) >= 11 is 23.7. The standard InChI is InChI=1S/C26H22Cl4F4N2O3/c1-14(38-23(37)36-24(2,3)26(28,29)30)17-10-11-18(19-12-9-16(27)13-35-19)21(39-25(33,34)22(31)32)20(17)15-7-5-4-6-8-15/h4-14,22H,1-3H3,(H,36,37)/t14-/m0/s1. The quantitative estimate of drug-likeness (QED) is 0.200.